The fraction of sp³-hybridized carbons (Fsp3) is 1.00. The highest BCUT2D eigenvalue weighted by Gasteiger charge is 2.23. The van der Waals surface area contributed by atoms with Gasteiger partial charge in [0.15, 0.2) is 0 Å². The molecule has 0 saturated carbocycles. The minimum Gasteiger partial charge on any atom is -0.396 e. The van der Waals surface area contributed by atoms with Gasteiger partial charge in [0.1, 0.15) is 0 Å². The Morgan fingerprint density at radius 2 is 1.64 bits per heavy atom. The average molecular weight is 206 g/mol. The summed E-state index contributed by atoms with van der Waals surface area (Å²) in [6.07, 6.45) is -0.636. The van der Waals surface area contributed by atoms with Gasteiger partial charge in [-0.3, -0.25) is 0 Å². The van der Waals surface area contributed by atoms with Gasteiger partial charge in [-0.25, -0.2) is 0 Å². The van der Waals surface area contributed by atoms with E-state index in [2.05, 4.69) is 0 Å². The summed E-state index contributed by atoms with van der Waals surface area (Å²) < 4.78 is 0. The van der Waals surface area contributed by atoms with Gasteiger partial charge < -0.3 is 20.4 Å². The first-order valence-electron chi connectivity index (χ1n) is 5.10. The van der Waals surface area contributed by atoms with E-state index < -0.39 is 12.2 Å². The third-order valence-corrected chi connectivity index (χ3v) is 2.53. The molecule has 14 heavy (non-hydrogen) atoms. The van der Waals surface area contributed by atoms with Gasteiger partial charge in [-0.2, -0.15) is 0 Å². The fourth-order valence-corrected chi connectivity index (χ4v) is 1.38. The maximum atomic E-state index is 9.57. The summed E-state index contributed by atoms with van der Waals surface area (Å²) in [7, 11) is 0. The molecule has 0 fully saturated rings. The first-order chi connectivity index (χ1) is 6.52. The predicted octanol–water partition coefficient (Wildman–Crippen LogP) is -0.255. The smallest absolute Gasteiger partial charge is 0.0846 e. The topological polar surface area (TPSA) is 80.9 Å². The molecule has 0 aliphatic rings. The number of aliphatic hydroxyl groups excluding tert-OH is 4. The van der Waals surface area contributed by atoms with Crippen molar-refractivity contribution in [1.29, 1.82) is 0 Å². The molecule has 4 heteroatoms. The Morgan fingerprint density at radius 1 is 1.07 bits per heavy atom. The normalized spacial score (nSPS) is 20.1. The first-order valence-corrected chi connectivity index (χ1v) is 5.10. The Hall–Kier alpha value is -0.160. The molecule has 0 spiro atoms. The van der Waals surface area contributed by atoms with Gasteiger partial charge >= 0.3 is 0 Å². The zero-order chi connectivity index (χ0) is 11.1. The van der Waals surface area contributed by atoms with Crippen molar-refractivity contribution >= 4 is 0 Å². The van der Waals surface area contributed by atoms with Crippen LogP contribution in [0, 0.1) is 11.8 Å². The predicted molar refractivity (Wildman–Crippen MR) is 53.7 cm³/mol. The summed E-state index contributed by atoms with van der Waals surface area (Å²) in [6, 6.07) is 0. The molecule has 0 amide bonds. The number of hydrogen-bond acceptors (Lipinski definition) is 4. The van der Waals surface area contributed by atoms with Crippen LogP contribution in [0.2, 0.25) is 0 Å². The van der Waals surface area contributed by atoms with E-state index in [-0.39, 0.29) is 25.0 Å². The van der Waals surface area contributed by atoms with Crippen LogP contribution in [0.15, 0.2) is 0 Å². The third-order valence-electron chi connectivity index (χ3n) is 2.53. The van der Waals surface area contributed by atoms with Crippen LogP contribution in [-0.4, -0.2) is 45.8 Å². The Balaban J connectivity index is 3.87. The average Bonchev–Trinajstić information content (AvgIpc) is 2.15. The number of rotatable bonds is 7. The lowest BCUT2D eigenvalue weighted by molar-refractivity contribution is -0.0369. The van der Waals surface area contributed by atoms with Crippen LogP contribution in [0.3, 0.4) is 0 Å². The maximum Gasteiger partial charge on any atom is 0.0846 e. The summed E-state index contributed by atoms with van der Waals surface area (Å²) in [6.45, 7) is 3.56. The molecule has 4 unspecified atom stereocenters. The summed E-state index contributed by atoms with van der Waals surface area (Å²) in [4.78, 5) is 0. The minimum atomic E-state index is -0.888. The molecule has 4 atom stereocenters. The standard InChI is InChI=1S/C10H22O4/c1-7(3-4-11)5-9(13)10(14)8(2)6-12/h7-14H,3-6H2,1-2H3. The molecular weight excluding hydrogens is 184 g/mol. The Labute approximate surface area is 85.2 Å². The molecule has 0 heterocycles. The van der Waals surface area contributed by atoms with Gasteiger partial charge in [0, 0.05) is 19.1 Å². The van der Waals surface area contributed by atoms with Crippen LogP contribution in [0.1, 0.15) is 26.7 Å². The molecule has 0 aromatic carbocycles. The number of aliphatic hydroxyl groups is 4. The van der Waals surface area contributed by atoms with E-state index in [9.17, 15) is 10.2 Å². The lowest BCUT2D eigenvalue weighted by Gasteiger charge is -2.24. The van der Waals surface area contributed by atoms with E-state index in [0.29, 0.717) is 12.8 Å². The van der Waals surface area contributed by atoms with Crippen LogP contribution in [0.5, 0.6) is 0 Å². The van der Waals surface area contributed by atoms with E-state index >= 15 is 0 Å². The van der Waals surface area contributed by atoms with Crippen molar-refractivity contribution in [2.75, 3.05) is 13.2 Å². The van der Waals surface area contributed by atoms with Crippen molar-refractivity contribution in [3.63, 3.8) is 0 Å². The first kappa shape index (κ1) is 13.8. The van der Waals surface area contributed by atoms with Crippen molar-refractivity contribution in [2.45, 2.75) is 38.9 Å². The van der Waals surface area contributed by atoms with Crippen LogP contribution in [0.25, 0.3) is 0 Å². The van der Waals surface area contributed by atoms with Gasteiger partial charge in [0.2, 0.25) is 0 Å². The van der Waals surface area contributed by atoms with Crippen LogP contribution < -0.4 is 0 Å². The second-order valence-corrected chi connectivity index (χ2v) is 4.07. The molecule has 0 aromatic rings. The van der Waals surface area contributed by atoms with Crippen molar-refractivity contribution in [3.05, 3.63) is 0 Å². The minimum absolute atomic E-state index is 0.0968. The summed E-state index contributed by atoms with van der Waals surface area (Å²) in [5.74, 6) is -0.137. The fourth-order valence-electron chi connectivity index (χ4n) is 1.38. The highest BCUT2D eigenvalue weighted by molar-refractivity contribution is 4.74. The molecule has 0 rings (SSSR count). The maximum absolute atomic E-state index is 9.57. The molecule has 0 aliphatic heterocycles. The van der Waals surface area contributed by atoms with Gasteiger partial charge in [-0.1, -0.05) is 13.8 Å². The Morgan fingerprint density at radius 3 is 2.07 bits per heavy atom. The van der Waals surface area contributed by atoms with Crippen molar-refractivity contribution in [3.8, 4) is 0 Å². The van der Waals surface area contributed by atoms with E-state index in [1.165, 1.54) is 0 Å². The molecule has 0 aromatic heterocycles. The van der Waals surface area contributed by atoms with E-state index in [0.717, 1.165) is 0 Å². The van der Waals surface area contributed by atoms with Gasteiger partial charge in [0.05, 0.1) is 12.2 Å². The molecule has 86 valence electrons. The van der Waals surface area contributed by atoms with Gasteiger partial charge in [-0.05, 0) is 18.8 Å². The molecule has 4 N–H and O–H groups in total. The van der Waals surface area contributed by atoms with Crippen molar-refractivity contribution in [1.82, 2.24) is 0 Å². The highest BCUT2D eigenvalue weighted by atomic mass is 16.3. The van der Waals surface area contributed by atoms with Crippen LogP contribution >= 0.6 is 0 Å². The van der Waals surface area contributed by atoms with Crippen molar-refractivity contribution < 1.29 is 20.4 Å². The second-order valence-electron chi connectivity index (χ2n) is 4.07. The SMILES string of the molecule is CC(CCO)CC(O)C(O)C(C)CO. The lowest BCUT2D eigenvalue weighted by atomic mass is 9.92. The quantitative estimate of drug-likeness (QED) is 0.463. The van der Waals surface area contributed by atoms with Crippen LogP contribution in [0.4, 0.5) is 0 Å². The van der Waals surface area contributed by atoms with E-state index in [4.69, 9.17) is 10.2 Å². The molecule has 0 saturated heterocycles. The Kier molecular flexibility index (Phi) is 7.09. The van der Waals surface area contributed by atoms with Gasteiger partial charge in [-0.15, -0.1) is 0 Å². The Bertz CT molecular complexity index is 140. The zero-order valence-electron chi connectivity index (χ0n) is 8.93. The van der Waals surface area contributed by atoms with Gasteiger partial charge in [0.25, 0.3) is 0 Å². The largest absolute Gasteiger partial charge is 0.396 e. The van der Waals surface area contributed by atoms with E-state index in [1.807, 2.05) is 6.92 Å². The molecule has 0 radical (unpaired) electrons. The molecule has 0 aliphatic carbocycles. The zero-order valence-corrected chi connectivity index (χ0v) is 8.93. The van der Waals surface area contributed by atoms with Crippen molar-refractivity contribution in [2.24, 2.45) is 11.8 Å². The third kappa shape index (κ3) is 4.91. The summed E-state index contributed by atoms with van der Waals surface area (Å²) in [5, 5.41) is 36.5. The summed E-state index contributed by atoms with van der Waals surface area (Å²) in [5.41, 5.74) is 0. The molecule has 0 bridgehead atoms. The van der Waals surface area contributed by atoms with Crippen LogP contribution in [-0.2, 0) is 0 Å². The lowest BCUT2D eigenvalue weighted by Crippen LogP contribution is -2.35. The molecular formula is C10H22O4. The van der Waals surface area contributed by atoms with E-state index in [1.54, 1.807) is 6.92 Å². The summed E-state index contributed by atoms with van der Waals surface area (Å²) >= 11 is 0. The highest BCUT2D eigenvalue weighted by Crippen LogP contribution is 2.16. The second kappa shape index (κ2) is 7.17. The number of hydrogen-bond donors (Lipinski definition) is 4. The molecule has 4 nitrogen and oxygen atoms in total. The monoisotopic (exact) mass is 206 g/mol.